The predicted octanol–water partition coefficient (Wildman–Crippen LogP) is 3.22. The van der Waals surface area contributed by atoms with Crippen LogP contribution in [0.4, 0.5) is 14.5 Å². The summed E-state index contributed by atoms with van der Waals surface area (Å²) >= 11 is 0. The van der Waals surface area contributed by atoms with E-state index >= 15 is 0 Å². The Kier molecular flexibility index (Phi) is 3.98. The maximum absolute atomic E-state index is 13.5. The number of hydrogen-bond acceptors (Lipinski definition) is 2. The van der Waals surface area contributed by atoms with E-state index in [0.29, 0.717) is 5.56 Å². The second-order valence-corrected chi connectivity index (χ2v) is 4.39. The van der Waals surface area contributed by atoms with Crippen molar-refractivity contribution in [2.45, 2.75) is 6.92 Å². The zero-order valence-electron chi connectivity index (χ0n) is 11.0. The van der Waals surface area contributed by atoms with Gasteiger partial charge in [-0.1, -0.05) is 12.1 Å². The van der Waals surface area contributed by atoms with Crippen molar-refractivity contribution in [3.63, 3.8) is 0 Å². The Labute approximate surface area is 119 Å². The third-order valence-electron chi connectivity index (χ3n) is 2.92. The van der Waals surface area contributed by atoms with Gasteiger partial charge in [-0.3, -0.25) is 4.79 Å². The van der Waals surface area contributed by atoms with Gasteiger partial charge in [-0.05, 0) is 36.8 Å². The molecular weight excluding hydrogens is 280 g/mol. The molecule has 0 aliphatic heterocycles. The number of aromatic carboxylic acids is 1. The number of aryl methyl sites for hydroxylation is 1. The van der Waals surface area contributed by atoms with Gasteiger partial charge in [-0.15, -0.1) is 0 Å². The highest BCUT2D eigenvalue weighted by Crippen LogP contribution is 2.20. The quantitative estimate of drug-likeness (QED) is 0.912. The Balaban J connectivity index is 2.36. The van der Waals surface area contributed by atoms with Crippen LogP contribution in [0.3, 0.4) is 0 Å². The average molecular weight is 291 g/mol. The molecule has 0 radical (unpaired) electrons. The molecule has 0 heterocycles. The number of carboxylic acid groups (broad SMARTS) is 1. The van der Waals surface area contributed by atoms with Gasteiger partial charge >= 0.3 is 5.97 Å². The van der Waals surface area contributed by atoms with Gasteiger partial charge in [0.2, 0.25) is 0 Å². The smallest absolute Gasteiger partial charge is 0.335 e. The van der Waals surface area contributed by atoms with Gasteiger partial charge in [0.25, 0.3) is 5.91 Å². The van der Waals surface area contributed by atoms with Gasteiger partial charge in [0.15, 0.2) is 0 Å². The van der Waals surface area contributed by atoms with E-state index in [1.165, 1.54) is 18.2 Å². The number of carbonyl (C=O) groups is 2. The molecule has 2 aromatic carbocycles. The molecule has 4 nitrogen and oxygen atoms in total. The summed E-state index contributed by atoms with van der Waals surface area (Å²) in [5.74, 6) is -4.11. The molecule has 0 spiro atoms. The third kappa shape index (κ3) is 3.05. The molecule has 0 saturated carbocycles. The number of halogens is 2. The number of amides is 1. The van der Waals surface area contributed by atoms with E-state index in [1.54, 1.807) is 6.92 Å². The minimum absolute atomic E-state index is 0.0371. The highest BCUT2D eigenvalue weighted by molar-refractivity contribution is 6.05. The van der Waals surface area contributed by atoms with Crippen LogP contribution in [0.2, 0.25) is 0 Å². The summed E-state index contributed by atoms with van der Waals surface area (Å²) < 4.78 is 27.0. The van der Waals surface area contributed by atoms with Crippen molar-refractivity contribution < 1.29 is 23.5 Å². The molecule has 0 saturated heterocycles. The van der Waals surface area contributed by atoms with Crippen LogP contribution in [0.1, 0.15) is 26.3 Å². The maximum Gasteiger partial charge on any atom is 0.335 e. The molecule has 0 fully saturated rings. The summed E-state index contributed by atoms with van der Waals surface area (Å²) in [6.45, 7) is 1.64. The van der Waals surface area contributed by atoms with Gasteiger partial charge in [0, 0.05) is 5.69 Å². The Bertz CT molecular complexity index is 709. The minimum atomic E-state index is -1.16. The monoisotopic (exact) mass is 291 g/mol. The van der Waals surface area contributed by atoms with Crippen molar-refractivity contribution in [1.82, 2.24) is 0 Å². The fraction of sp³-hybridized carbons (Fsp3) is 0.0667. The fourth-order valence-corrected chi connectivity index (χ4v) is 1.79. The number of nitrogens with one attached hydrogen (secondary N) is 1. The van der Waals surface area contributed by atoms with Crippen LogP contribution in [0.25, 0.3) is 0 Å². The van der Waals surface area contributed by atoms with Crippen molar-refractivity contribution in [2.75, 3.05) is 5.32 Å². The van der Waals surface area contributed by atoms with E-state index in [4.69, 9.17) is 5.11 Å². The van der Waals surface area contributed by atoms with Crippen LogP contribution in [0.5, 0.6) is 0 Å². The van der Waals surface area contributed by atoms with Crippen LogP contribution < -0.4 is 5.32 Å². The van der Waals surface area contributed by atoms with Crippen LogP contribution >= 0.6 is 0 Å². The van der Waals surface area contributed by atoms with Gasteiger partial charge in [-0.2, -0.15) is 0 Å². The van der Waals surface area contributed by atoms with Gasteiger partial charge in [-0.25, -0.2) is 13.6 Å². The second-order valence-electron chi connectivity index (χ2n) is 4.39. The van der Waals surface area contributed by atoms with E-state index in [-0.39, 0.29) is 11.3 Å². The number of hydrogen-bond donors (Lipinski definition) is 2. The number of anilines is 1. The Morgan fingerprint density at radius 3 is 2.29 bits per heavy atom. The number of carbonyl (C=O) groups excluding carboxylic acids is 1. The van der Waals surface area contributed by atoms with Gasteiger partial charge in [0.1, 0.15) is 17.2 Å². The first-order valence-electron chi connectivity index (χ1n) is 5.99. The highest BCUT2D eigenvalue weighted by atomic mass is 19.1. The summed E-state index contributed by atoms with van der Waals surface area (Å²) in [7, 11) is 0. The van der Waals surface area contributed by atoms with Gasteiger partial charge in [0.05, 0.1) is 5.56 Å². The van der Waals surface area contributed by atoms with Crippen molar-refractivity contribution in [3.05, 3.63) is 64.7 Å². The predicted molar refractivity (Wildman–Crippen MR) is 72.4 cm³/mol. The lowest BCUT2D eigenvalue weighted by atomic mass is 10.1. The van der Waals surface area contributed by atoms with Crippen LogP contribution in [0.15, 0.2) is 36.4 Å². The van der Waals surface area contributed by atoms with Crippen molar-refractivity contribution >= 4 is 17.6 Å². The minimum Gasteiger partial charge on any atom is -0.478 e. The zero-order valence-corrected chi connectivity index (χ0v) is 11.0. The summed E-state index contributed by atoms with van der Waals surface area (Å²) in [5.41, 5.74) is 0.00943. The number of carboxylic acids is 1. The summed E-state index contributed by atoms with van der Waals surface area (Å²) in [6, 6.07) is 7.19. The molecular formula is C15H11F2NO3. The SMILES string of the molecule is Cc1ccc(C(=O)O)cc1NC(=O)c1c(F)cccc1F. The topological polar surface area (TPSA) is 66.4 Å². The Morgan fingerprint density at radius 1 is 1.10 bits per heavy atom. The van der Waals surface area contributed by atoms with Crippen molar-refractivity contribution in [3.8, 4) is 0 Å². The number of benzene rings is 2. The largest absolute Gasteiger partial charge is 0.478 e. The third-order valence-corrected chi connectivity index (χ3v) is 2.92. The molecule has 2 aromatic rings. The molecule has 1 amide bonds. The van der Waals surface area contributed by atoms with E-state index in [2.05, 4.69) is 5.32 Å². The van der Waals surface area contributed by atoms with Crippen LogP contribution in [0, 0.1) is 18.6 Å². The molecule has 108 valence electrons. The van der Waals surface area contributed by atoms with E-state index in [0.717, 1.165) is 18.2 Å². The average Bonchev–Trinajstić information content (AvgIpc) is 2.40. The molecule has 0 aliphatic rings. The summed E-state index contributed by atoms with van der Waals surface area (Å²) in [4.78, 5) is 22.8. The van der Waals surface area contributed by atoms with E-state index in [9.17, 15) is 18.4 Å². The molecule has 6 heteroatoms. The Morgan fingerprint density at radius 2 is 1.71 bits per heavy atom. The first-order chi connectivity index (χ1) is 9.90. The van der Waals surface area contributed by atoms with Crippen molar-refractivity contribution in [1.29, 1.82) is 0 Å². The summed E-state index contributed by atoms with van der Waals surface area (Å²) in [6.07, 6.45) is 0. The first kappa shape index (κ1) is 14.6. The Hall–Kier alpha value is -2.76. The lowest BCUT2D eigenvalue weighted by Gasteiger charge is -2.10. The lowest BCUT2D eigenvalue weighted by molar-refractivity contribution is 0.0696. The molecule has 0 atom stereocenters. The van der Waals surface area contributed by atoms with E-state index in [1.807, 2.05) is 0 Å². The molecule has 0 aliphatic carbocycles. The van der Waals surface area contributed by atoms with Crippen LogP contribution in [-0.4, -0.2) is 17.0 Å². The number of rotatable bonds is 3. The molecule has 2 rings (SSSR count). The molecule has 0 aromatic heterocycles. The normalized spacial score (nSPS) is 10.2. The fourth-order valence-electron chi connectivity index (χ4n) is 1.79. The lowest BCUT2D eigenvalue weighted by Crippen LogP contribution is -2.17. The molecule has 21 heavy (non-hydrogen) atoms. The molecule has 2 N–H and O–H groups in total. The van der Waals surface area contributed by atoms with Crippen LogP contribution in [-0.2, 0) is 0 Å². The van der Waals surface area contributed by atoms with E-state index < -0.39 is 29.1 Å². The molecule has 0 bridgehead atoms. The molecule has 0 unspecified atom stereocenters. The standard InChI is InChI=1S/C15H11F2NO3/c1-8-5-6-9(15(20)21)7-12(8)18-14(19)13-10(16)3-2-4-11(13)17/h2-7H,1H3,(H,18,19)(H,20,21). The van der Waals surface area contributed by atoms with Crippen molar-refractivity contribution in [2.24, 2.45) is 0 Å². The second kappa shape index (κ2) is 5.70. The first-order valence-corrected chi connectivity index (χ1v) is 5.99. The maximum atomic E-state index is 13.5. The highest BCUT2D eigenvalue weighted by Gasteiger charge is 2.18. The van der Waals surface area contributed by atoms with Gasteiger partial charge < -0.3 is 10.4 Å². The summed E-state index contributed by atoms with van der Waals surface area (Å²) in [5, 5.41) is 11.2. The zero-order chi connectivity index (χ0) is 15.6.